The maximum Gasteiger partial charge on any atom is 0.472 e. The largest absolute Gasteiger partial charge is 0.472 e. The van der Waals surface area contributed by atoms with E-state index in [4.69, 9.17) is 168 Å². The number of H-pyrrole nitrogens is 3. The van der Waals surface area contributed by atoms with Crippen molar-refractivity contribution in [2.24, 2.45) is 0 Å². The molecule has 68 heteroatoms. The maximum absolute atomic E-state index is 15.6. The molecule has 0 saturated carbocycles. The molecule has 16 N–H and O–H groups in total. The monoisotopic (exact) mass is 2190 g/mol. The maximum atomic E-state index is 15.6. The lowest BCUT2D eigenvalue weighted by Crippen LogP contribution is -2.42. The van der Waals surface area contributed by atoms with Gasteiger partial charge in [0.15, 0.2) is 42.3 Å². The van der Waals surface area contributed by atoms with E-state index >= 15 is 13.7 Å². The van der Waals surface area contributed by atoms with Gasteiger partial charge in [0.05, 0.1) is 118 Å². The van der Waals surface area contributed by atoms with Crippen LogP contribution >= 0.6 is 48.1 Å². The van der Waals surface area contributed by atoms with Crippen LogP contribution in [0, 0.1) is 34.6 Å². The molecule has 7 aromatic heterocycles. The Hall–Kier alpha value is -7.35. The Bertz CT molecular complexity index is 6400. The van der Waals surface area contributed by atoms with Crippen molar-refractivity contribution in [1.29, 1.82) is 0 Å². The number of nitrogen functional groups attached to an aromatic ring is 4. The van der Waals surface area contributed by atoms with Crippen LogP contribution < -0.4 is 68.1 Å². The van der Waals surface area contributed by atoms with Crippen molar-refractivity contribution in [3.8, 4) is 0 Å². The van der Waals surface area contributed by atoms with Crippen LogP contribution in [0.25, 0.3) is 11.2 Å². The van der Waals surface area contributed by atoms with Gasteiger partial charge in [0.25, 0.3) is 16.7 Å². The lowest BCUT2D eigenvalue weighted by atomic mass is 10.1. The average molecular weight is 2190 g/mol. The zero-order valence-corrected chi connectivity index (χ0v) is 85.1. The number of hydrogen-bond donors (Lipinski definition) is 13. The molecule has 13 heterocycles. The molecule has 0 radical (unpaired) electrons. The molecule has 13 rings (SSSR count). The standard InChI is InChI=1S/C75H111N18O42P5S3/c1-34-23-89(71(98)81-58(34)76)65-53(115-17-12-110-7)48(94)41(126-65)28-122-139(108,142)135-52-45(129-68(56(52)118-20-15-113-10)91-25-36(3)60(78)83-73(91)100)32-124-140(109,143)134-51-43(130-69(57(51)119-21-16-114-11)93-33-80-47-61(93)84-70(79)85-64(47)97)30-121-137(105,106)132-49-42(127-67(54(49)116-18-13-111-8)92-27-38(5)63(96)87-75(92)102)29-120-136(103,104)133-50-44(128-66(55(50)117-19-14-112-9)90-24-35(2)59(77)82-72(90)99)31-123-138(107,141)131-40-22-46(125-39(40)6)88-26-37(4)62(95)86-74(88)101/h23-27,33,39-46,48-57,65-69,94H,12-22,28-32H2,1-11H3,(H,103,104)(H,105,106)(H,107,141)(H,108,142)(H,109,143)(H2,76,81,98)(H2,77,82,99)(H2,78,83,100)(H,86,95,101)(H,87,96,102)(H3,79,84,85,97)/t39-,40-,41-,42-,43-,44-,45-,46-,48+,49+,50+,51+,52+,53?,54?,55?,56?,57?,65-,66-,67-,68-,69-,138?,139?,140?/m1/s1. The number of methoxy groups -OCH3 is 5. The van der Waals surface area contributed by atoms with E-state index in [0.29, 0.717) is 5.56 Å². The zero-order chi connectivity index (χ0) is 104. The first-order chi connectivity index (χ1) is 67.7. The number of thiol groups is 1. The van der Waals surface area contributed by atoms with Crippen LogP contribution in [-0.2, 0) is 158 Å². The second-order valence-electron chi connectivity index (χ2n) is 33.0. The fraction of sp³-hybridized carbons (Fsp3) is 0.667. The Balaban J connectivity index is 0.803. The minimum atomic E-state index is -5.99. The summed E-state index contributed by atoms with van der Waals surface area (Å²) in [6, 6.07) is 0. The fourth-order valence-corrected chi connectivity index (χ4v) is 22.3. The molecule has 0 amide bonds. The first kappa shape index (κ1) is 113. The van der Waals surface area contributed by atoms with Crippen LogP contribution in [0.2, 0.25) is 0 Å². The number of aromatic nitrogens is 14. The first-order valence-corrected chi connectivity index (χ1v) is 54.4. The molecule has 796 valence electrons. The molecular weight excluding hydrogens is 2080 g/mol. The Kier molecular flexibility index (Phi) is 38.3. The van der Waals surface area contributed by atoms with E-state index < -0.39 is 274 Å². The highest BCUT2D eigenvalue weighted by atomic mass is 32.7. The minimum Gasteiger partial charge on any atom is -0.387 e. The molecule has 6 saturated heterocycles. The third kappa shape index (κ3) is 27.5. The Labute approximate surface area is 824 Å². The van der Waals surface area contributed by atoms with Crippen LogP contribution in [0.1, 0.15) is 78.5 Å². The molecule has 7 aromatic rings. The van der Waals surface area contributed by atoms with E-state index in [2.05, 4.69) is 52.1 Å². The van der Waals surface area contributed by atoms with Gasteiger partial charge in [-0.05, 0) is 65.2 Å². The number of ether oxygens (including phenoxy) is 16. The number of aromatic amines is 3. The highest BCUT2D eigenvalue weighted by Crippen LogP contribution is 2.60. The molecule has 0 aliphatic carbocycles. The van der Waals surface area contributed by atoms with Gasteiger partial charge >= 0.3 is 64.3 Å². The molecule has 0 bridgehead atoms. The SMILES string of the molecule is COCCOC1[C@@H](O)[C@@H](COP(O)(=S)O[C@@H]2C(OCCOC)[C@H](n3cc(C)c(N)nc3=O)O[C@@H]2COP(=O)(S)O[C@@H]2C(OCCOC)[C@H](n3cnc4c(=O)[nH]c(N)nc43)O[C@@H]2COP(=O)(O)O[C@@H]2C(OCCOC)[C@H](n3cc(C)c(=O)[nH]c3=O)O[C@@H]2COP(=O)(O)O[C@@H]2C(OCCOC)[C@H](n3cc(C)c(N)nc3=O)O[C@@H]2COP(O)(=S)O[C@@H]2C[C@H](n3cc(C)c(=O)[nH]c3=O)O[C@@H]2C)O[C@H]1n1cc(C)c(N)nc1=O. The Morgan fingerprint density at radius 1 is 0.413 bits per heavy atom. The molecule has 6 aliphatic heterocycles. The summed E-state index contributed by atoms with van der Waals surface area (Å²) in [5.41, 5.74) is 17.0. The average Bonchev–Trinajstić information content (AvgIpc) is 1.61. The summed E-state index contributed by atoms with van der Waals surface area (Å²) in [6.07, 6.45) is -31.2. The van der Waals surface area contributed by atoms with Crippen molar-refractivity contribution >= 4 is 106 Å². The Morgan fingerprint density at radius 3 is 1.19 bits per heavy atom. The van der Waals surface area contributed by atoms with Gasteiger partial charge in [-0.3, -0.25) is 88.4 Å². The van der Waals surface area contributed by atoms with Crippen molar-refractivity contribution < 1.29 is 159 Å². The minimum absolute atomic E-state index is 0.0281. The normalized spacial score (nSPS) is 29.4. The van der Waals surface area contributed by atoms with Crippen LogP contribution in [0.4, 0.5) is 23.4 Å². The number of fused-ring (bicyclic) bond motifs is 1. The molecule has 143 heavy (non-hydrogen) atoms. The highest BCUT2D eigenvalue weighted by molar-refractivity contribution is 8.44. The van der Waals surface area contributed by atoms with Crippen molar-refractivity contribution in [1.82, 2.24) is 67.3 Å². The van der Waals surface area contributed by atoms with Gasteiger partial charge in [0.2, 0.25) is 5.95 Å². The van der Waals surface area contributed by atoms with Gasteiger partial charge in [-0.15, -0.1) is 0 Å². The molecule has 6 fully saturated rings. The van der Waals surface area contributed by atoms with Crippen LogP contribution in [0.5, 0.6) is 0 Å². The number of hydrogen-bond acceptors (Lipinski definition) is 49. The second kappa shape index (κ2) is 48.5. The lowest BCUT2D eigenvalue weighted by Gasteiger charge is -2.30. The van der Waals surface area contributed by atoms with Crippen molar-refractivity contribution in [3.05, 3.63) is 149 Å². The summed E-state index contributed by atoms with van der Waals surface area (Å²) in [6.45, 7) is -13.4. The third-order valence-corrected chi connectivity index (χ3v) is 29.7. The predicted molar refractivity (Wildman–Crippen MR) is 499 cm³/mol. The summed E-state index contributed by atoms with van der Waals surface area (Å²) in [5, 5.41) is 11.8. The number of nitrogens with two attached hydrogens (primary N) is 4. The molecular formula is C75H111N18O42P5S3. The van der Waals surface area contributed by atoms with E-state index in [1.165, 1.54) is 95.0 Å². The van der Waals surface area contributed by atoms with E-state index in [1.807, 2.05) is 0 Å². The number of nitrogens with one attached hydrogen (secondary N) is 3. The number of nitrogens with zero attached hydrogens (tertiary/aromatic N) is 11. The molecule has 60 nitrogen and oxygen atoms in total. The van der Waals surface area contributed by atoms with E-state index in [0.717, 1.165) is 39.9 Å². The number of anilines is 4. The van der Waals surface area contributed by atoms with Gasteiger partial charge in [0.1, 0.15) is 115 Å². The summed E-state index contributed by atoms with van der Waals surface area (Å²) in [7, 11) is -5.23. The lowest BCUT2D eigenvalue weighted by molar-refractivity contribution is -0.0849. The zero-order valence-electron chi connectivity index (χ0n) is 78.1. The highest BCUT2D eigenvalue weighted by Gasteiger charge is 2.59. The summed E-state index contributed by atoms with van der Waals surface area (Å²) in [4.78, 5) is 182. The van der Waals surface area contributed by atoms with Crippen molar-refractivity contribution in [2.75, 3.05) is 158 Å². The number of aliphatic hydroxyl groups excluding tert-OH is 1. The predicted octanol–water partition coefficient (Wildman–Crippen LogP) is -2.14. The Morgan fingerprint density at radius 2 is 0.755 bits per heavy atom. The number of phosphoric ester groups is 2. The molecule has 10 unspecified atom stereocenters. The first-order valence-electron chi connectivity index (χ1n) is 43.5. The quantitative estimate of drug-likeness (QED) is 0.0110. The summed E-state index contributed by atoms with van der Waals surface area (Å²) in [5.74, 6) is -0.926. The second-order valence-corrected chi connectivity index (χ2v) is 44.2. The van der Waals surface area contributed by atoms with Crippen LogP contribution in [-0.4, -0.2) is 330 Å². The molecule has 6 aliphatic rings. The number of aryl methyl sites for hydroxylation is 5. The number of rotatable bonds is 51. The van der Waals surface area contributed by atoms with Gasteiger partial charge < -0.3 is 137 Å². The van der Waals surface area contributed by atoms with E-state index in [9.17, 15) is 63.0 Å². The van der Waals surface area contributed by atoms with E-state index in [1.54, 1.807) is 6.92 Å². The molecule has 28 atom stereocenters. The topological polar surface area (TPSA) is 774 Å². The van der Waals surface area contributed by atoms with Gasteiger partial charge in [0, 0.05) is 101 Å². The van der Waals surface area contributed by atoms with E-state index in [-0.39, 0.29) is 110 Å². The third-order valence-electron chi connectivity index (χ3n) is 23.0. The smallest absolute Gasteiger partial charge is 0.387 e. The van der Waals surface area contributed by atoms with Gasteiger partial charge in [-0.1, -0.05) is 12.2 Å². The van der Waals surface area contributed by atoms with Gasteiger partial charge in [-0.2, -0.15) is 19.9 Å². The van der Waals surface area contributed by atoms with Crippen molar-refractivity contribution in [2.45, 2.75) is 189 Å². The number of aliphatic hydroxyl groups is 1. The molecule has 0 spiro atoms. The number of phosphoric acid groups is 2. The van der Waals surface area contributed by atoms with Gasteiger partial charge in [-0.25, -0.2) is 42.7 Å². The van der Waals surface area contributed by atoms with Crippen LogP contribution in [0.3, 0.4) is 0 Å². The fourth-order valence-electron chi connectivity index (χ4n) is 15.9. The van der Waals surface area contributed by atoms with Crippen molar-refractivity contribution in [3.63, 3.8) is 0 Å². The summed E-state index contributed by atoms with van der Waals surface area (Å²) >= 11 is 15.6. The summed E-state index contributed by atoms with van der Waals surface area (Å²) < 4.78 is 207. The number of imidazole rings is 1. The van der Waals surface area contributed by atoms with Crippen LogP contribution in [0.15, 0.2) is 75.7 Å². The molecule has 0 aromatic carbocycles.